The maximum atomic E-state index is 12.4. The minimum atomic E-state index is -0.0336. The van der Waals surface area contributed by atoms with Gasteiger partial charge in [0.05, 0.1) is 0 Å². The fraction of sp³-hybridized carbons (Fsp3) is 0.526. The molecule has 1 atom stereocenters. The van der Waals surface area contributed by atoms with Gasteiger partial charge in [0, 0.05) is 44.7 Å². The van der Waals surface area contributed by atoms with Crippen LogP contribution in [0.2, 0.25) is 0 Å². The predicted molar refractivity (Wildman–Crippen MR) is 97.2 cm³/mol. The standard InChI is InChI=1S/C19H25N5O/c1-3-10-23-11-9-19(8-7-18(23)25)15-24(13-12-22(19)2)17-6-4-5-16(14-20)21-17/h3-6H,1,7-13,15H2,2H3/t19-/m1/s1. The normalized spacial score (nSPS) is 24.9. The number of amides is 1. The van der Waals surface area contributed by atoms with Gasteiger partial charge in [-0.3, -0.25) is 9.69 Å². The van der Waals surface area contributed by atoms with E-state index in [9.17, 15) is 4.79 Å². The fourth-order valence-electron chi connectivity index (χ4n) is 3.90. The van der Waals surface area contributed by atoms with Gasteiger partial charge in [0.1, 0.15) is 17.6 Å². The molecule has 0 saturated carbocycles. The van der Waals surface area contributed by atoms with Crippen LogP contribution in [0.5, 0.6) is 0 Å². The van der Waals surface area contributed by atoms with Crippen LogP contribution in [-0.2, 0) is 4.79 Å². The van der Waals surface area contributed by atoms with Gasteiger partial charge in [0.2, 0.25) is 5.91 Å². The summed E-state index contributed by atoms with van der Waals surface area (Å²) in [6.45, 7) is 7.78. The van der Waals surface area contributed by atoms with E-state index in [4.69, 9.17) is 5.26 Å². The van der Waals surface area contributed by atoms with E-state index in [1.165, 1.54) is 0 Å². The van der Waals surface area contributed by atoms with Crippen LogP contribution >= 0.6 is 0 Å². The van der Waals surface area contributed by atoms with Crippen molar-refractivity contribution in [2.24, 2.45) is 0 Å². The van der Waals surface area contributed by atoms with Crippen LogP contribution in [0.4, 0.5) is 5.82 Å². The summed E-state index contributed by atoms with van der Waals surface area (Å²) in [7, 11) is 2.16. The van der Waals surface area contributed by atoms with Crippen molar-refractivity contribution in [3.05, 3.63) is 36.5 Å². The first-order valence-corrected chi connectivity index (χ1v) is 8.80. The predicted octanol–water partition coefficient (Wildman–Crippen LogP) is 1.64. The average molecular weight is 339 g/mol. The van der Waals surface area contributed by atoms with Crippen molar-refractivity contribution in [2.75, 3.05) is 44.7 Å². The Morgan fingerprint density at radius 1 is 1.36 bits per heavy atom. The number of hydrogen-bond donors (Lipinski definition) is 0. The smallest absolute Gasteiger partial charge is 0.222 e. The van der Waals surface area contributed by atoms with E-state index in [1.54, 1.807) is 12.1 Å². The number of likely N-dealkylation sites (N-methyl/N-ethyl adjacent to an activating group) is 1. The van der Waals surface area contributed by atoms with Crippen LogP contribution in [0.3, 0.4) is 0 Å². The van der Waals surface area contributed by atoms with Crippen LogP contribution in [0.25, 0.3) is 0 Å². The first-order valence-electron chi connectivity index (χ1n) is 8.80. The number of aromatic nitrogens is 1. The van der Waals surface area contributed by atoms with Crippen molar-refractivity contribution >= 4 is 11.7 Å². The lowest BCUT2D eigenvalue weighted by Gasteiger charge is -2.49. The maximum Gasteiger partial charge on any atom is 0.222 e. The molecule has 3 heterocycles. The molecule has 6 nitrogen and oxygen atoms in total. The second-order valence-electron chi connectivity index (χ2n) is 6.94. The van der Waals surface area contributed by atoms with Crippen LogP contribution in [0.15, 0.2) is 30.9 Å². The van der Waals surface area contributed by atoms with Crippen molar-refractivity contribution in [3.8, 4) is 6.07 Å². The molecule has 1 aromatic heterocycles. The highest BCUT2D eigenvalue weighted by atomic mass is 16.2. The molecule has 0 radical (unpaired) electrons. The summed E-state index contributed by atoms with van der Waals surface area (Å²) in [5.74, 6) is 1.07. The Labute approximate surface area is 149 Å². The van der Waals surface area contributed by atoms with Gasteiger partial charge in [-0.15, -0.1) is 6.58 Å². The number of nitrogens with zero attached hydrogens (tertiary/aromatic N) is 5. The largest absolute Gasteiger partial charge is 0.353 e. The van der Waals surface area contributed by atoms with E-state index in [-0.39, 0.29) is 11.4 Å². The summed E-state index contributed by atoms with van der Waals surface area (Å²) in [6, 6.07) is 7.69. The number of likely N-dealkylation sites (tertiary alicyclic amines) is 1. The van der Waals surface area contributed by atoms with Crippen molar-refractivity contribution in [3.63, 3.8) is 0 Å². The number of carbonyl (C=O) groups excluding carboxylic acids is 1. The Morgan fingerprint density at radius 3 is 2.96 bits per heavy atom. The highest BCUT2D eigenvalue weighted by Gasteiger charge is 2.42. The van der Waals surface area contributed by atoms with Gasteiger partial charge < -0.3 is 9.80 Å². The molecule has 132 valence electrons. The lowest BCUT2D eigenvalue weighted by molar-refractivity contribution is -0.130. The van der Waals surface area contributed by atoms with E-state index < -0.39 is 0 Å². The zero-order valence-corrected chi connectivity index (χ0v) is 14.8. The highest BCUT2D eigenvalue weighted by molar-refractivity contribution is 5.76. The third-order valence-corrected chi connectivity index (χ3v) is 5.53. The minimum Gasteiger partial charge on any atom is -0.353 e. The molecule has 0 aliphatic carbocycles. The highest BCUT2D eigenvalue weighted by Crippen LogP contribution is 2.33. The van der Waals surface area contributed by atoms with Gasteiger partial charge in [-0.1, -0.05) is 12.1 Å². The SMILES string of the molecule is C=CCN1CC[C@]2(CCC1=O)CN(c1cccc(C#N)n1)CCN2C. The molecule has 1 aromatic rings. The van der Waals surface area contributed by atoms with Crippen LogP contribution in [0.1, 0.15) is 25.0 Å². The van der Waals surface area contributed by atoms with Crippen LogP contribution in [-0.4, -0.2) is 66.0 Å². The van der Waals surface area contributed by atoms with Crippen molar-refractivity contribution in [2.45, 2.75) is 24.8 Å². The van der Waals surface area contributed by atoms with Gasteiger partial charge in [-0.2, -0.15) is 5.26 Å². The van der Waals surface area contributed by atoms with Gasteiger partial charge in [0.15, 0.2) is 0 Å². The zero-order valence-electron chi connectivity index (χ0n) is 14.8. The summed E-state index contributed by atoms with van der Waals surface area (Å²) in [6.07, 6.45) is 4.16. The Bertz CT molecular complexity index is 697. The maximum absolute atomic E-state index is 12.4. The van der Waals surface area contributed by atoms with E-state index >= 15 is 0 Å². The number of pyridine rings is 1. The monoisotopic (exact) mass is 339 g/mol. The first kappa shape index (κ1) is 17.4. The Kier molecular flexibility index (Phi) is 5.05. The van der Waals surface area contributed by atoms with E-state index in [1.807, 2.05) is 17.0 Å². The molecule has 2 aliphatic heterocycles. The first-order chi connectivity index (χ1) is 12.1. The Hall–Kier alpha value is -2.39. The number of nitriles is 1. The summed E-state index contributed by atoms with van der Waals surface area (Å²) in [5, 5.41) is 9.10. The number of hydrogen-bond acceptors (Lipinski definition) is 5. The number of anilines is 1. The van der Waals surface area contributed by atoms with Gasteiger partial charge in [0.25, 0.3) is 0 Å². The third-order valence-electron chi connectivity index (χ3n) is 5.53. The van der Waals surface area contributed by atoms with Crippen LogP contribution < -0.4 is 4.90 Å². The summed E-state index contributed by atoms with van der Waals surface area (Å²) in [4.78, 5) is 23.4. The molecule has 25 heavy (non-hydrogen) atoms. The molecular formula is C19H25N5O. The topological polar surface area (TPSA) is 63.5 Å². The fourth-order valence-corrected chi connectivity index (χ4v) is 3.90. The summed E-state index contributed by atoms with van der Waals surface area (Å²) < 4.78 is 0. The molecule has 0 unspecified atom stereocenters. The molecule has 0 N–H and O–H groups in total. The van der Waals surface area contributed by atoms with E-state index in [0.29, 0.717) is 18.7 Å². The molecule has 2 aliphatic rings. The third kappa shape index (κ3) is 3.52. The van der Waals surface area contributed by atoms with Gasteiger partial charge >= 0.3 is 0 Å². The summed E-state index contributed by atoms with van der Waals surface area (Å²) in [5.41, 5.74) is 0.410. The molecule has 6 heteroatoms. The van der Waals surface area contributed by atoms with Gasteiger partial charge in [-0.25, -0.2) is 4.98 Å². The second kappa shape index (κ2) is 7.24. The van der Waals surface area contributed by atoms with Crippen molar-refractivity contribution in [1.82, 2.24) is 14.8 Å². The molecule has 3 rings (SSSR count). The van der Waals surface area contributed by atoms with Crippen molar-refractivity contribution < 1.29 is 4.79 Å². The molecule has 1 spiro atoms. The summed E-state index contributed by atoms with van der Waals surface area (Å²) >= 11 is 0. The molecule has 0 aromatic carbocycles. The quantitative estimate of drug-likeness (QED) is 0.784. The minimum absolute atomic E-state index is 0.0336. The van der Waals surface area contributed by atoms with E-state index in [2.05, 4.69) is 34.5 Å². The molecule has 0 bridgehead atoms. The van der Waals surface area contributed by atoms with E-state index in [0.717, 1.165) is 44.8 Å². The second-order valence-corrected chi connectivity index (χ2v) is 6.94. The number of piperazine rings is 1. The average Bonchev–Trinajstić information content (AvgIpc) is 2.79. The van der Waals surface area contributed by atoms with Gasteiger partial charge in [-0.05, 0) is 32.0 Å². The molecule has 1 amide bonds. The molecular weight excluding hydrogens is 314 g/mol. The molecule has 2 saturated heterocycles. The number of rotatable bonds is 3. The van der Waals surface area contributed by atoms with Crippen LogP contribution in [0, 0.1) is 11.3 Å². The zero-order chi connectivity index (χ0) is 17.9. The van der Waals surface area contributed by atoms with Crippen molar-refractivity contribution in [1.29, 1.82) is 5.26 Å². The Morgan fingerprint density at radius 2 is 2.20 bits per heavy atom. The Balaban J connectivity index is 1.81. The number of carbonyl (C=O) groups is 1. The lowest BCUT2D eigenvalue weighted by atomic mass is 9.86. The lowest BCUT2D eigenvalue weighted by Crippen LogP contribution is -2.61. The molecule has 2 fully saturated rings.